The zero-order chi connectivity index (χ0) is 19.9. The molecule has 1 aliphatic rings. The molecule has 0 aromatic heterocycles. The molecular weight excluding hydrogens is 376 g/mol. The summed E-state index contributed by atoms with van der Waals surface area (Å²) in [5.41, 5.74) is 2.46. The summed E-state index contributed by atoms with van der Waals surface area (Å²) in [7, 11) is 0. The Bertz CT molecular complexity index is 617. The van der Waals surface area contributed by atoms with Crippen LogP contribution in [0, 0.1) is 0 Å². The first kappa shape index (κ1) is 21.7. The quantitative estimate of drug-likeness (QED) is 0.536. The van der Waals surface area contributed by atoms with Gasteiger partial charge in [0.05, 0.1) is 6.04 Å². The molecule has 1 fully saturated rings. The SMILES string of the molecule is CCN(CC)S(F)(F)F.FC1CN(C(c2ccccc2)c2ccccc2)C1. The number of alkyl halides is 1. The van der Waals surface area contributed by atoms with Crippen molar-refractivity contribution >= 4 is 11.4 Å². The second kappa shape index (κ2) is 10.1. The van der Waals surface area contributed by atoms with E-state index in [2.05, 4.69) is 29.2 Å². The van der Waals surface area contributed by atoms with Crippen molar-refractivity contribution in [3.8, 4) is 0 Å². The van der Waals surface area contributed by atoms with E-state index in [9.17, 15) is 16.0 Å². The van der Waals surface area contributed by atoms with Crippen LogP contribution in [0.5, 0.6) is 0 Å². The van der Waals surface area contributed by atoms with Gasteiger partial charge in [-0.25, -0.2) is 4.39 Å². The summed E-state index contributed by atoms with van der Waals surface area (Å²) in [5, 5.41) is 0. The Labute approximate surface area is 161 Å². The lowest BCUT2D eigenvalue weighted by Gasteiger charge is -2.41. The smallest absolute Gasteiger partial charge is 0.278 e. The van der Waals surface area contributed by atoms with E-state index in [-0.39, 0.29) is 19.1 Å². The van der Waals surface area contributed by atoms with Gasteiger partial charge in [-0.15, -0.1) is 11.7 Å². The molecule has 0 saturated carbocycles. The van der Waals surface area contributed by atoms with Crippen LogP contribution in [0.4, 0.5) is 16.0 Å². The number of benzene rings is 2. The van der Waals surface area contributed by atoms with Crippen molar-refractivity contribution in [1.29, 1.82) is 0 Å². The molecule has 1 saturated heterocycles. The standard InChI is InChI=1S/C16H16FN.C4H10F3NS/c17-15-11-18(12-15)16(13-7-3-1-4-8-13)14-9-5-2-6-10-14;1-3-8(4-2)9(5,6)7/h1-10,15-16H,11-12H2;3-4H2,1-2H3. The maximum absolute atomic E-state index is 13.1. The second-order valence-electron chi connectivity index (χ2n) is 6.27. The third-order valence-electron chi connectivity index (χ3n) is 4.46. The molecule has 3 rings (SSSR count). The number of rotatable bonds is 6. The lowest BCUT2D eigenvalue weighted by Crippen LogP contribution is -2.50. The topological polar surface area (TPSA) is 6.48 Å². The lowest BCUT2D eigenvalue weighted by atomic mass is 9.94. The van der Waals surface area contributed by atoms with Crippen LogP contribution in [0.3, 0.4) is 0 Å². The van der Waals surface area contributed by atoms with E-state index in [0.29, 0.717) is 17.4 Å². The highest BCUT2D eigenvalue weighted by atomic mass is 32.3. The number of likely N-dealkylation sites (tertiary alicyclic amines) is 1. The molecule has 1 heterocycles. The largest absolute Gasteiger partial charge is 0.286 e. The molecule has 0 radical (unpaired) electrons. The van der Waals surface area contributed by atoms with E-state index in [1.54, 1.807) is 0 Å². The first-order valence-corrected chi connectivity index (χ1v) is 10.3. The summed E-state index contributed by atoms with van der Waals surface area (Å²) in [5.74, 6) is 0. The van der Waals surface area contributed by atoms with Gasteiger partial charge in [0.25, 0.3) is 11.4 Å². The highest BCUT2D eigenvalue weighted by molar-refractivity contribution is 8.18. The molecule has 2 aromatic carbocycles. The van der Waals surface area contributed by atoms with Crippen LogP contribution in [0.1, 0.15) is 31.0 Å². The van der Waals surface area contributed by atoms with Gasteiger partial charge in [0.15, 0.2) is 0 Å². The summed E-state index contributed by atoms with van der Waals surface area (Å²) in [6, 6.07) is 20.8. The third kappa shape index (κ3) is 6.23. The average molecular weight is 403 g/mol. The Balaban J connectivity index is 0.000000249. The highest BCUT2D eigenvalue weighted by Gasteiger charge is 2.33. The minimum atomic E-state index is -4.93. The van der Waals surface area contributed by atoms with Crippen molar-refractivity contribution in [2.24, 2.45) is 0 Å². The van der Waals surface area contributed by atoms with Crippen molar-refractivity contribution in [3.05, 3.63) is 71.8 Å². The van der Waals surface area contributed by atoms with Crippen molar-refractivity contribution in [1.82, 2.24) is 9.21 Å². The van der Waals surface area contributed by atoms with Crippen LogP contribution in [0.15, 0.2) is 60.7 Å². The Morgan fingerprint density at radius 2 is 1.30 bits per heavy atom. The summed E-state index contributed by atoms with van der Waals surface area (Å²) in [6.45, 7) is 4.21. The van der Waals surface area contributed by atoms with Gasteiger partial charge in [0.1, 0.15) is 6.17 Å². The van der Waals surface area contributed by atoms with E-state index >= 15 is 0 Å². The van der Waals surface area contributed by atoms with Gasteiger partial charge in [-0.05, 0) is 11.1 Å². The average Bonchev–Trinajstić information content (AvgIpc) is 2.63. The van der Waals surface area contributed by atoms with E-state index in [1.807, 2.05) is 36.4 Å². The van der Waals surface area contributed by atoms with Crippen LogP contribution in [0.2, 0.25) is 0 Å². The van der Waals surface area contributed by atoms with Crippen molar-refractivity contribution in [2.45, 2.75) is 26.1 Å². The van der Waals surface area contributed by atoms with Crippen LogP contribution >= 0.6 is 11.4 Å². The fraction of sp³-hybridized carbons (Fsp3) is 0.400. The van der Waals surface area contributed by atoms with Gasteiger partial charge in [-0.3, -0.25) is 4.90 Å². The van der Waals surface area contributed by atoms with Crippen molar-refractivity contribution in [3.63, 3.8) is 0 Å². The van der Waals surface area contributed by atoms with Gasteiger partial charge in [0, 0.05) is 26.2 Å². The molecule has 0 aliphatic carbocycles. The monoisotopic (exact) mass is 402 g/mol. The minimum Gasteiger partial charge on any atom is -0.286 e. The van der Waals surface area contributed by atoms with Gasteiger partial charge in [-0.1, -0.05) is 74.5 Å². The molecule has 2 nitrogen and oxygen atoms in total. The van der Waals surface area contributed by atoms with Gasteiger partial charge in [-0.2, -0.15) is 4.31 Å². The zero-order valence-electron chi connectivity index (χ0n) is 15.6. The molecule has 27 heavy (non-hydrogen) atoms. The van der Waals surface area contributed by atoms with Crippen LogP contribution in [0.25, 0.3) is 0 Å². The number of hydrogen-bond acceptors (Lipinski definition) is 2. The van der Waals surface area contributed by atoms with Gasteiger partial charge >= 0.3 is 0 Å². The highest BCUT2D eigenvalue weighted by Crippen LogP contribution is 2.56. The van der Waals surface area contributed by atoms with Crippen LogP contribution in [-0.2, 0) is 0 Å². The van der Waals surface area contributed by atoms with Crippen molar-refractivity contribution < 1.29 is 16.0 Å². The predicted octanol–water partition coefficient (Wildman–Crippen LogP) is 6.13. The third-order valence-corrected chi connectivity index (χ3v) is 5.56. The summed E-state index contributed by atoms with van der Waals surface area (Å²) >= 11 is -4.93. The number of halogens is 4. The molecule has 0 N–H and O–H groups in total. The molecule has 0 atom stereocenters. The van der Waals surface area contributed by atoms with E-state index in [0.717, 1.165) is 0 Å². The predicted molar refractivity (Wildman–Crippen MR) is 105 cm³/mol. The Morgan fingerprint density at radius 3 is 1.56 bits per heavy atom. The first-order valence-electron chi connectivity index (χ1n) is 9.02. The molecule has 0 bridgehead atoms. The van der Waals surface area contributed by atoms with Crippen LogP contribution in [-0.4, -0.2) is 41.6 Å². The Morgan fingerprint density at radius 1 is 0.889 bits per heavy atom. The summed E-state index contributed by atoms with van der Waals surface area (Å²) in [6.07, 6.45) is -0.667. The molecule has 0 amide bonds. The number of hydrogen-bond donors (Lipinski definition) is 0. The van der Waals surface area contributed by atoms with E-state index in [1.165, 1.54) is 25.0 Å². The second-order valence-corrected chi connectivity index (χ2v) is 7.55. The summed E-state index contributed by atoms with van der Waals surface area (Å²) < 4.78 is 48.8. The summed E-state index contributed by atoms with van der Waals surface area (Å²) in [4.78, 5) is 2.19. The van der Waals surface area contributed by atoms with E-state index in [4.69, 9.17) is 0 Å². The van der Waals surface area contributed by atoms with Gasteiger partial charge in [0.2, 0.25) is 0 Å². The molecule has 7 heteroatoms. The van der Waals surface area contributed by atoms with Crippen LogP contribution < -0.4 is 0 Å². The zero-order valence-corrected chi connectivity index (χ0v) is 16.4. The molecular formula is C20H26F4N2S. The van der Waals surface area contributed by atoms with Gasteiger partial charge < -0.3 is 0 Å². The normalized spacial score (nSPS) is 16.0. The maximum atomic E-state index is 13.1. The molecule has 150 valence electrons. The lowest BCUT2D eigenvalue weighted by molar-refractivity contribution is 0.0402. The Hall–Kier alpha value is -1.57. The number of nitrogens with zero attached hydrogens (tertiary/aromatic N) is 2. The van der Waals surface area contributed by atoms with Crippen molar-refractivity contribution in [2.75, 3.05) is 26.2 Å². The first-order chi connectivity index (χ1) is 12.9. The maximum Gasteiger partial charge on any atom is 0.278 e. The molecule has 0 spiro atoms. The minimum absolute atomic E-state index is 0.0648. The van der Waals surface area contributed by atoms with E-state index < -0.39 is 17.5 Å². The Kier molecular flexibility index (Phi) is 8.13. The molecule has 0 unspecified atom stereocenters. The fourth-order valence-corrected chi connectivity index (χ4v) is 3.65. The molecule has 2 aromatic rings. The fourth-order valence-electron chi connectivity index (χ4n) is 3.07. The molecule has 1 aliphatic heterocycles.